The van der Waals surface area contributed by atoms with Gasteiger partial charge in [-0.15, -0.1) is 11.8 Å². The molecular weight excluding hydrogens is 255 g/mol. The van der Waals surface area contributed by atoms with E-state index in [1.165, 1.54) is 43.3 Å². The third kappa shape index (κ3) is 3.13. The standard InChI is InChI=1S/C13H11FO3S/c1-16-13-7-17-10(6-12(13)15)8-18-11-4-2-9(14)3-5-11/h2-7H,8H2,1H3. The van der Waals surface area contributed by atoms with Crippen LogP contribution in [0.15, 0.2) is 50.7 Å². The number of halogens is 1. The molecule has 0 atom stereocenters. The Hall–Kier alpha value is -1.75. The van der Waals surface area contributed by atoms with Crippen LogP contribution in [0.4, 0.5) is 4.39 Å². The molecule has 0 fully saturated rings. The van der Waals surface area contributed by atoms with Crippen molar-refractivity contribution in [1.82, 2.24) is 0 Å². The van der Waals surface area contributed by atoms with Gasteiger partial charge < -0.3 is 9.15 Å². The van der Waals surface area contributed by atoms with Crippen molar-refractivity contribution in [3.05, 3.63) is 58.4 Å². The highest BCUT2D eigenvalue weighted by atomic mass is 32.2. The second-order valence-corrected chi connectivity index (χ2v) is 4.57. The van der Waals surface area contributed by atoms with E-state index in [0.717, 1.165) is 4.90 Å². The Bertz CT molecular complexity index is 578. The van der Waals surface area contributed by atoms with Gasteiger partial charge in [0, 0.05) is 11.0 Å². The molecule has 5 heteroatoms. The zero-order valence-electron chi connectivity index (χ0n) is 9.68. The van der Waals surface area contributed by atoms with Crippen molar-refractivity contribution in [1.29, 1.82) is 0 Å². The average Bonchev–Trinajstić information content (AvgIpc) is 2.38. The summed E-state index contributed by atoms with van der Waals surface area (Å²) in [6.07, 6.45) is 1.29. The van der Waals surface area contributed by atoms with Gasteiger partial charge >= 0.3 is 0 Å². The summed E-state index contributed by atoms with van der Waals surface area (Å²) in [7, 11) is 1.42. The first-order chi connectivity index (χ1) is 8.69. The lowest BCUT2D eigenvalue weighted by Crippen LogP contribution is -2.04. The molecule has 0 saturated heterocycles. The Kier molecular flexibility index (Phi) is 4.04. The first-order valence-corrected chi connectivity index (χ1v) is 6.21. The lowest BCUT2D eigenvalue weighted by Gasteiger charge is -2.02. The van der Waals surface area contributed by atoms with Gasteiger partial charge in [0.15, 0.2) is 0 Å². The number of thioether (sulfide) groups is 1. The van der Waals surface area contributed by atoms with Crippen molar-refractivity contribution < 1.29 is 13.5 Å². The van der Waals surface area contributed by atoms with Crippen LogP contribution in [0.5, 0.6) is 5.75 Å². The molecule has 1 aromatic heterocycles. The molecule has 18 heavy (non-hydrogen) atoms. The van der Waals surface area contributed by atoms with Gasteiger partial charge in [0.1, 0.15) is 17.8 Å². The molecule has 94 valence electrons. The first-order valence-electron chi connectivity index (χ1n) is 5.23. The molecule has 2 aromatic rings. The van der Waals surface area contributed by atoms with Crippen molar-refractivity contribution in [2.24, 2.45) is 0 Å². The molecule has 0 radical (unpaired) electrons. The summed E-state index contributed by atoms with van der Waals surface area (Å²) in [6.45, 7) is 0. The Morgan fingerprint density at radius 1 is 1.33 bits per heavy atom. The fraction of sp³-hybridized carbons (Fsp3) is 0.154. The molecular formula is C13H11FO3S. The average molecular weight is 266 g/mol. The molecule has 0 aliphatic rings. The molecule has 0 aliphatic carbocycles. The SMILES string of the molecule is COc1coc(CSc2ccc(F)cc2)cc1=O. The molecule has 0 saturated carbocycles. The van der Waals surface area contributed by atoms with Gasteiger partial charge in [-0.25, -0.2) is 4.39 Å². The highest BCUT2D eigenvalue weighted by Crippen LogP contribution is 2.22. The summed E-state index contributed by atoms with van der Waals surface area (Å²) in [6, 6.07) is 7.55. The summed E-state index contributed by atoms with van der Waals surface area (Å²) >= 11 is 1.46. The van der Waals surface area contributed by atoms with E-state index in [1.807, 2.05) is 0 Å². The van der Waals surface area contributed by atoms with E-state index in [4.69, 9.17) is 9.15 Å². The summed E-state index contributed by atoms with van der Waals surface area (Å²) in [5.41, 5.74) is -0.210. The molecule has 3 nitrogen and oxygen atoms in total. The lowest BCUT2D eigenvalue weighted by molar-refractivity contribution is 0.381. The Balaban J connectivity index is 2.04. The normalized spacial score (nSPS) is 10.3. The number of benzene rings is 1. The van der Waals surface area contributed by atoms with Crippen LogP contribution in [0.25, 0.3) is 0 Å². The minimum atomic E-state index is -0.268. The third-order valence-electron chi connectivity index (χ3n) is 2.27. The molecule has 0 N–H and O–H groups in total. The van der Waals surface area contributed by atoms with Crippen LogP contribution in [0, 0.1) is 5.82 Å². The number of rotatable bonds is 4. The molecule has 1 aromatic carbocycles. The molecule has 1 heterocycles. The zero-order valence-corrected chi connectivity index (χ0v) is 10.5. The van der Waals surface area contributed by atoms with Crippen molar-refractivity contribution in [2.45, 2.75) is 10.6 Å². The lowest BCUT2D eigenvalue weighted by atomic mass is 10.3. The number of ether oxygens (including phenoxy) is 1. The highest BCUT2D eigenvalue weighted by molar-refractivity contribution is 7.98. The summed E-state index contributed by atoms with van der Waals surface area (Å²) in [5, 5.41) is 0. The van der Waals surface area contributed by atoms with Crippen LogP contribution in [-0.2, 0) is 5.75 Å². The smallest absolute Gasteiger partial charge is 0.227 e. The van der Waals surface area contributed by atoms with Gasteiger partial charge in [-0.05, 0) is 24.3 Å². The van der Waals surface area contributed by atoms with Gasteiger partial charge in [-0.3, -0.25) is 4.79 Å². The summed E-state index contributed by atoms with van der Waals surface area (Å²) in [5.74, 6) is 0.973. The van der Waals surface area contributed by atoms with E-state index < -0.39 is 0 Å². The quantitative estimate of drug-likeness (QED) is 0.797. The Labute approximate surface area is 108 Å². The van der Waals surface area contributed by atoms with E-state index in [2.05, 4.69) is 0 Å². The minimum Gasteiger partial charge on any atom is -0.490 e. The summed E-state index contributed by atoms with van der Waals surface area (Å²) in [4.78, 5) is 12.4. The van der Waals surface area contributed by atoms with E-state index in [0.29, 0.717) is 11.5 Å². The molecule has 0 spiro atoms. The minimum absolute atomic E-state index is 0.186. The van der Waals surface area contributed by atoms with Crippen molar-refractivity contribution in [3.63, 3.8) is 0 Å². The highest BCUT2D eigenvalue weighted by Gasteiger charge is 2.04. The van der Waals surface area contributed by atoms with Crippen LogP contribution < -0.4 is 10.2 Å². The Morgan fingerprint density at radius 2 is 2.06 bits per heavy atom. The van der Waals surface area contributed by atoms with E-state index >= 15 is 0 Å². The van der Waals surface area contributed by atoms with E-state index in [1.54, 1.807) is 12.1 Å². The molecule has 0 bridgehead atoms. The topological polar surface area (TPSA) is 39.4 Å². The fourth-order valence-corrected chi connectivity index (χ4v) is 2.14. The third-order valence-corrected chi connectivity index (χ3v) is 3.30. The maximum Gasteiger partial charge on any atom is 0.227 e. The van der Waals surface area contributed by atoms with E-state index in [-0.39, 0.29) is 17.0 Å². The van der Waals surface area contributed by atoms with Crippen molar-refractivity contribution >= 4 is 11.8 Å². The predicted octanol–water partition coefficient (Wildman–Crippen LogP) is 3.08. The molecule has 0 amide bonds. The predicted molar refractivity (Wildman–Crippen MR) is 67.5 cm³/mol. The molecule has 0 unspecified atom stereocenters. The van der Waals surface area contributed by atoms with Crippen LogP contribution in [-0.4, -0.2) is 7.11 Å². The maximum atomic E-state index is 12.7. The maximum absolute atomic E-state index is 12.7. The van der Waals surface area contributed by atoms with Crippen LogP contribution in [0.1, 0.15) is 5.76 Å². The number of hydrogen-bond acceptors (Lipinski definition) is 4. The monoisotopic (exact) mass is 266 g/mol. The first kappa shape index (κ1) is 12.7. The van der Waals surface area contributed by atoms with Crippen molar-refractivity contribution in [3.8, 4) is 5.75 Å². The van der Waals surface area contributed by atoms with E-state index in [9.17, 15) is 9.18 Å². The largest absolute Gasteiger partial charge is 0.490 e. The Morgan fingerprint density at radius 3 is 2.67 bits per heavy atom. The van der Waals surface area contributed by atoms with Crippen LogP contribution in [0.2, 0.25) is 0 Å². The van der Waals surface area contributed by atoms with Crippen LogP contribution in [0.3, 0.4) is 0 Å². The van der Waals surface area contributed by atoms with Gasteiger partial charge in [0.25, 0.3) is 0 Å². The molecule has 2 rings (SSSR count). The molecule has 0 aliphatic heterocycles. The number of methoxy groups -OCH3 is 1. The van der Waals surface area contributed by atoms with Crippen molar-refractivity contribution in [2.75, 3.05) is 7.11 Å². The zero-order chi connectivity index (χ0) is 13.0. The van der Waals surface area contributed by atoms with Gasteiger partial charge in [0.2, 0.25) is 11.2 Å². The van der Waals surface area contributed by atoms with Crippen LogP contribution >= 0.6 is 11.8 Å². The second-order valence-electron chi connectivity index (χ2n) is 3.52. The van der Waals surface area contributed by atoms with Gasteiger partial charge in [-0.2, -0.15) is 0 Å². The summed E-state index contributed by atoms with van der Waals surface area (Å²) < 4.78 is 22.8. The fourth-order valence-electron chi connectivity index (χ4n) is 1.35. The number of hydrogen-bond donors (Lipinski definition) is 0. The second kappa shape index (κ2) is 5.73. The van der Waals surface area contributed by atoms with Gasteiger partial charge in [-0.1, -0.05) is 0 Å². The van der Waals surface area contributed by atoms with Gasteiger partial charge in [0.05, 0.1) is 12.9 Å².